The van der Waals surface area contributed by atoms with Gasteiger partial charge < -0.3 is 10.6 Å². The topological polar surface area (TPSA) is 46.3 Å². The molecule has 0 saturated carbocycles. The van der Waals surface area contributed by atoms with E-state index in [2.05, 4.69) is 12.1 Å². The van der Waals surface area contributed by atoms with E-state index in [0.29, 0.717) is 13.0 Å². The van der Waals surface area contributed by atoms with Gasteiger partial charge in [-0.3, -0.25) is 4.79 Å². The van der Waals surface area contributed by atoms with Crippen LogP contribution < -0.4 is 5.73 Å². The Morgan fingerprint density at radius 1 is 1.33 bits per heavy atom. The zero-order valence-electron chi connectivity index (χ0n) is 11.4. The van der Waals surface area contributed by atoms with Crippen LogP contribution in [0.5, 0.6) is 0 Å². The maximum atomic E-state index is 11.9. The fourth-order valence-electron chi connectivity index (χ4n) is 1.95. The Kier molecular flexibility index (Phi) is 6.44. The second-order valence-electron chi connectivity index (χ2n) is 4.77. The van der Waals surface area contributed by atoms with E-state index in [-0.39, 0.29) is 11.9 Å². The molecule has 3 nitrogen and oxygen atoms in total. The largest absolute Gasteiger partial charge is 0.343 e. The monoisotopic (exact) mass is 248 g/mol. The van der Waals surface area contributed by atoms with Crippen molar-refractivity contribution in [3.05, 3.63) is 35.9 Å². The van der Waals surface area contributed by atoms with Crippen LogP contribution in [0, 0.1) is 0 Å². The van der Waals surface area contributed by atoms with E-state index in [1.807, 2.05) is 37.1 Å². The molecule has 1 amide bonds. The third kappa shape index (κ3) is 4.88. The van der Waals surface area contributed by atoms with Gasteiger partial charge >= 0.3 is 0 Å². The van der Waals surface area contributed by atoms with Gasteiger partial charge in [0.05, 0.1) is 0 Å². The van der Waals surface area contributed by atoms with Crippen LogP contribution >= 0.6 is 0 Å². The van der Waals surface area contributed by atoms with E-state index >= 15 is 0 Å². The van der Waals surface area contributed by atoms with E-state index in [1.54, 1.807) is 0 Å². The fourth-order valence-corrected chi connectivity index (χ4v) is 1.95. The predicted octanol–water partition coefficient (Wildman–Crippen LogP) is 2.21. The predicted molar refractivity (Wildman–Crippen MR) is 75.3 cm³/mol. The number of nitrogens with zero attached hydrogens (tertiary/aromatic N) is 1. The number of nitrogens with two attached hydrogens (primary N) is 1. The van der Waals surface area contributed by atoms with Crippen LogP contribution in [0.4, 0.5) is 0 Å². The second kappa shape index (κ2) is 7.88. The molecule has 100 valence electrons. The van der Waals surface area contributed by atoms with Crippen molar-refractivity contribution in [3.8, 4) is 0 Å². The molecule has 0 heterocycles. The van der Waals surface area contributed by atoms with Crippen LogP contribution in [0.3, 0.4) is 0 Å². The van der Waals surface area contributed by atoms with Gasteiger partial charge in [-0.1, -0.05) is 30.3 Å². The lowest BCUT2D eigenvalue weighted by atomic mass is 10.1. The molecule has 0 bridgehead atoms. The number of hydrogen-bond donors (Lipinski definition) is 1. The Hall–Kier alpha value is -1.35. The minimum absolute atomic E-state index is 0.215. The lowest BCUT2D eigenvalue weighted by Gasteiger charge is -2.24. The van der Waals surface area contributed by atoms with E-state index in [9.17, 15) is 4.79 Å². The Labute approximate surface area is 110 Å². The maximum absolute atomic E-state index is 11.9. The van der Waals surface area contributed by atoms with Gasteiger partial charge in [-0.15, -0.1) is 0 Å². The first-order chi connectivity index (χ1) is 8.65. The van der Waals surface area contributed by atoms with E-state index in [1.165, 1.54) is 5.56 Å². The highest BCUT2D eigenvalue weighted by Crippen LogP contribution is 2.08. The van der Waals surface area contributed by atoms with Gasteiger partial charge in [0.2, 0.25) is 5.91 Å². The van der Waals surface area contributed by atoms with Gasteiger partial charge in [-0.25, -0.2) is 0 Å². The first-order valence-corrected chi connectivity index (χ1v) is 6.64. The van der Waals surface area contributed by atoms with Gasteiger partial charge in [-0.2, -0.15) is 0 Å². The van der Waals surface area contributed by atoms with Gasteiger partial charge in [0, 0.05) is 19.5 Å². The molecule has 0 fully saturated rings. The van der Waals surface area contributed by atoms with Crippen molar-refractivity contribution in [1.29, 1.82) is 0 Å². The number of amides is 1. The van der Waals surface area contributed by atoms with Crippen molar-refractivity contribution in [2.75, 3.05) is 13.6 Å². The summed E-state index contributed by atoms with van der Waals surface area (Å²) < 4.78 is 0. The normalized spacial score (nSPS) is 12.2. The number of carbonyl (C=O) groups excluding carboxylic acids is 1. The average molecular weight is 248 g/mol. The van der Waals surface area contributed by atoms with Crippen LogP contribution in [0.15, 0.2) is 30.3 Å². The van der Waals surface area contributed by atoms with Crippen LogP contribution in [0.1, 0.15) is 31.7 Å². The molecule has 3 heteroatoms. The molecular formula is C15H24N2O. The molecule has 1 unspecified atom stereocenters. The fraction of sp³-hybridized carbons (Fsp3) is 0.533. The molecule has 2 N–H and O–H groups in total. The highest BCUT2D eigenvalue weighted by molar-refractivity contribution is 5.76. The van der Waals surface area contributed by atoms with Gasteiger partial charge in [0.15, 0.2) is 0 Å². The highest BCUT2D eigenvalue weighted by Gasteiger charge is 2.14. The van der Waals surface area contributed by atoms with E-state index < -0.39 is 0 Å². The van der Waals surface area contributed by atoms with Crippen molar-refractivity contribution in [2.24, 2.45) is 5.73 Å². The lowest BCUT2D eigenvalue weighted by molar-refractivity contribution is -0.131. The number of hydrogen-bond acceptors (Lipinski definition) is 2. The number of benzene rings is 1. The smallest absolute Gasteiger partial charge is 0.222 e. The molecule has 0 spiro atoms. The Morgan fingerprint density at radius 3 is 2.61 bits per heavy atom. The first-order valence-electron chi connectivity index (χ1n) is 6.64. The van der Waals surface area contributed by atoms with E-state index in [4.69, 9.17) is 5.73 Å². The van der Waals surface area contributed by atoms with Gasteiger partial charge in [-0.05, 0) is 38.3 Å². The van der Waals surface area contributed by atoms with E-state index in [0.717, 1.165) is 19.3 Å². The summed E-state index contributed by atoms with van der Waals surface area (Å²) in [7, 11) is 1.87. The molecule has 0 radical (unpaired) electrons. The van der Waals surface area contributed by atoms with Crippen LogP contribution in [0.2, 0.25) is 0 Å². The lowest BCUT2D eigenvalue weighted by Crippen LogP contribution is -2.36. The van der Waals surface area contributed by atoms with Crippen molar-refractivity contribution in [3.63, 3.8) is 0 Å². The maximum Gasteiger partial charge on any atom is 0.222 e. The number of rotatable bonds is 7. The average Bonchev–Trinajstić information content (AvgIpc) is 2.39. The van der Waals surface area contributed by atoms with Crippen molar-refractivity contribution < 1.29 is 4.79 Å². The Balaban J connectivity index is 2.28. The summed E-state index contributed by atoms with van der Waals surface area (Å²) in [6.45, 7) is 2.67. The molecule has 0 saturated heterocycles. The molecule has 0 aliphatic rings. The van der Waals surface area contributed by atoms with Crippen LogP contribution in [-0.4, -0.2) is 30.4 Å². The summed E-state index contributed by atoms with van der Waals surface area (Å²) in [5.41, 5.74) is 6.80. The van der Waals surface area contributed by atoms with Crippen LogP contribution in [0.25, 0.3) is 0 Å². The minimum atomic E-state index is 0.215. The second-order valence-corrected chi connectivity index (χ2v) is 4.77. The summed E-state index contributed by atoms with van der Waals surface area (Å²) in [5, 5.41) is 0. The molecule has 1 atom stereocenters. The summed E-state index contributed by atoms with van der Waals surface area (Å²) in [4.78, 5) is 13.8. The molecule has 0 aliphatic heterocycles. The third-order valence-electron chi connectivity index (χ3n) is 3.34. The third-order valence-corrected chi connectivity index (χ3v) is 3.34. The molecule has 1 rings (SSSR count). The standard InChI is InChI=1S/C15H24N2O/c1-13(11-12-16)17(2)15(18)10-6-9-14-7-4-3-5-8-14/h3-5,7-8,13H,6,9-12,16H2,1-2H3. The van der Waals surface area contributed by atoms with Crippen LogP contribution in [-0.2, 0) is 11.2 Å². The Bertz CT molecular complexity index is 351. The summed E-state index contributed by atoms with van der Waals surface area (Å²) >= 11 is 0. The molecule has 0 aromatic heterocycles. The first kappa shape index (κ1) is 14.7. The SMILES string of the molecule is CC(CCN)N(C)C(=O)CCCc1ccccc1. The molecule has 1 aromatic rings. The summed E-state index contributed by atoms with van der Waals surface area (Å²) in [5.74, 6) is 0.215. The van der Waals surface area contributed by atoms with Crippen molar-refractivity contribution in [2.45, 2.75) is 38.6 Å². The number of carbonyl (C=O) groups is 1. The van der Waals surface area contributed by atoms with Crippen molar-refractivity contribution in [1.82, 2.24) is 4.90 Å². The Morgan fingerprint density at radius 2 is 2.00 bits per heavy atom. The molecule has 0 aliphatic carbocycles. The summed E-state index contributed by atoms with van der Waals surface area (Å²) in [6.07, 6.45) is 3.34. The molecule has 1 aromatic carbocycles. The van der Waals surface area contributed by atoms with Gasteiger partial charge in [0.25, 0.3) is 0 Å². The summed E-state index contributed by atoms with van der Waals surface area (Å²) in [6, 6.07) is 10.5. The zero-order valence-corrected chi connectivity index (χ0v) is 11.4. The highest BCUT2D eigenvalue weighted by atomic mass is 16.2. The van der Waals surface area contributed by atoms with Crippen molar-refractivity contribution >= 4 is 5.91 Å². The zero-order chi connectivity index (χ0) is 13.4. The molecular weight excluding hydrogens is 224 g/mol. The van der Waals surface area contributed by atoms with Gasteiger partial charge in [0.1, 0.15) is 0 Å². The quantitative estimate of drug-likeness (QED) is 0.804. The minimum Gasteiger partial charge on any atom is -0.343 e. The number of aryl methyl sites for hydroxylation is 1. The molecule has 18 heavy (non-hydrogen) atoms.